The number of aryl methyl sites for hydroxylation is 2. The summed E-state index contributed by atoms with van der Waals surface area (Å²) < 4.78 is 0. The van der Waals surface area contributed by atoms with Crippen LogP contribution in [-0.4, -0.2) is 17.6 Å². The minimum atomic E-state index is 0.238. The highest BCUT2D eigenvalue weighted by Crippen LogP contribution is 2.38. The summed E-state index contributed by atoms with van der Waals surface area (Å²) >= 11 is 0. The molecule has 2 heteroatoms. The number of anilines is 1. The van der Waals surface area contributed by atoms with Gasteiger partial charge in [0.2, 0.25) is 0 Å². The van der Waals surface area contributed by atoms with Crippen LogP contribution in [-0.2, 0) is 11.8 Å². The molecule has 0 bridgehead atoms. The third-order valence-electron chi connectivity index (χ3n) is 5.56. The normalized spacial score (nSPS) is 28.3. The lowest BCUT2D eigenvalue weighted by atomic mass is 9.75. The van der Waals surface area contributed by atoms with Crippen LogP contribution in [0.2, 0.25) is 0 Å². The van der Waals surface area contributed by atoms with Crippen LogP contribution in [0.1, 0.15) is 70.2 Å². The number of hydrogen-bond acceptors (Lipinski definition) is 2. The second-order valence-corrected chi connectivity index (χ2v) is 8.05. The maximum Gasteiger partial charge on any atom is 0.132 e. The van der Waals surface area contributed by atoms with Crippen molar-refractivity contribution in [3.63, 3.8) is 0 Å². The molecule has 116 valence electrons. The van der Waals surface area contributed by atoms with E-state index in [2.05, 4.69) is 45.6 Å². The molecular formula is C19H30N2. The highest BCUT2D eigenvalue weighted by Gasteiger charge is 2.32. The van der Waals surface area contributed by atoms with Gasteiger partial charge in [-0.3, -0.25) is 0 Å². The molecule has 1 aromatic heterocycles. The quantitative estimate of drug-likeness (QED) is 0.748. The largest absolute Gasteiger partial charge is 0.354 e. The molecule has 0 spiro atoms. The number of fused-ring (bicyclic) bond motifs is 1. The average Bonchev–Trinajstić information content (AvgIpc) is 2.38. The number of nitrogens with zero attached hydrogens (tertiary/aromatic N) is 2. The van der Waals surface area contributed by atoms with Crippen molar-refractivity contribution in [1.82, 2.24) is 4.98 Å². The first-order valence-electron chi connectivity index (χ1n) is 8.66. The molecule has 0 radical (unpaired) electrons. The molecule has 1 aliphatic carbocycles. The fourth-order valence-corrected chi connectivity index (χ4v) is 4.29. The number of aromatic nitrogens is 1. The van der Waals surface area contributed by atoms with E-state index in [1.54, 1.807) is 0 Å². The van der Waals surface area contributed by atoms with E-state index in [1.807, 2.05) is 0 Å². The first kappa shape index (κ1) is 14.9. The summed E-state index contributed by atoms with van der Waals surface area (Å²) in [5, 5.41) is 0. The number of pyridine rings is 1. The number of rotatable bonds is 1. The molecule has 21 heavy (non-hydrogen) atoms. The summed E-state index contributed by atoms with van der Waals surface area (Å²) in [6.07, 6.45) is 6.37. The SMILES string of the molecule is Cc1cc2c(nc1N1CCC(C)C[C@H]1C)C(C)(C)CCC2. The Balaban J connectivity index is 2.00. The van der Waals surface area contributed by atoms with Gasteiger partial charge in [-0.15, -0.1) is 0 Å². The molecule has 1 saturated heterocycles. The molecule has 1 aliphatic heterocycles. The molecule has 0 N–H and O–H groups in total. The van der Waals surface area contributed by atoms with Crippen molar-refractivity contribution in [3.8, 4) is 0 Å². The summed E-state index contributed by atoms with van der Waals surface area (Å²) in [4.78, 5) is 7.75. The third kappa shape index (κ3) is 2.69. The molecule has 2 heterocycles. The number of piperidine rings is 1. The average molecular weight is 286 g/mol. The molecule has 1 fully saturated rings. The van der Waals surface area contributed by atoms with Crippen LogP contribution in [0.5, 0.6) is 0 Å². The van der Waals surface area contributed by atoms with Crippen LogP contribution in [0.25, 0.3) is 0 Å². The van der Waals surface area contributed by atoms with Crippen LogP contribution >= 0.6 is 0 Å². The zero-order valence-electron chi connectivity index (χ0n) is 14.4. The van der Waals surface area contributed by atoms with Gasteiger partial charge in [0.15, 0.2) is 0 Å². The Hall–Kier alpha value is -1.05. The van der Waals surface area contributed by atoms with Gasteiger partial charge in [-0.05, 0) is 63.0 Å². The lowest BCUT2D eigenvalue weighted by molar-refractivity contribution is 0.373. The van der Waals surface area contributed by atoms with Crippen LogP contribution in [0, 0.1) is 12.8 Å². The van der Waals surface area contributed by atoms with Crippen molar-refractivity contribution in [1.29, 1.82) is 0 Å². The molecular weight excluding hydrogens is 256 g/mol. The van der Waals surface area contributed by atoms with E-state index < -0.39 is 0 Å². The Morgan fingerprint density at radius 2 is 2.05 bits per heavy atom. The molecule has 0 saturated carbocycles. The third-order valence-corrected chi connectivity index (χ3v) is 5.56. The van der Waals surface area contributed by atoms with Gasteiger partial charge in [0, 0.05) is 18.0 Å². The van der Waals surface area contributed by atoms with E-state index in [9.17, 15) is 0 Å². The van der Waals surface area contributed by atoms with E-state index >= 15 is 0 Å². The standard InChI is InChI=1S/C19H30N2/c1-13-8-10-21(15(3)11-13)18-14(2)12-16-7-6-9-19(4,5)17(16)20-18/h12-13,15H,6-11H2,1-5H3/t13?,15-/m1/s1. The van der Waals surface area contributed by atoms with Gasteiger partial charge in [-0.1, -0.05) is 26.8 Å². The van der Waals surface area contributed by atoms with Crippen molar-refractivity contribution in [3.05, 3.63) is 22.9 Å². The predicted molar refractivity (Wildman–Crippen MR) is 90.1 cm³/mol. The van der Waals surface area contributed by atoms with E-state index in [0.29, 0.717) is 6.04 Å². The van der Waals surface area contributed by atoms with E-state index in [0.717, 1.165) is 12.5 Å². The lowest BCUT2D eigenvalue weighted by Gasteiger charge is -2.40. The maximum atomic E-state index is 5.19. The first-order chi connectivity index (χ1) is 9.88. The Morgan fingerprint density at radius 3 is 2.76 bits per heavy atom. The molecule has 3 rings (SSSR count). The van der Waals surface area contributed by atoms with Gasteiger partial charge in [0.25, 0.3) is 0 Å². The second-order valence-electron chi connectivity index (χ2n) is 8.05. The van der Waals surface area contributed by atoms with Crippen LogP contribution in [0.3, 0.4) is 0 Å². The lowest BCUT2D eigenvalue weighted by Crippen LogP contribution is -2.41. The monoisotopic (exact) mass is 286 g/mol. The summed E-state index contributed by atoms with van der Waals surface area (Å²) in [5.41, 5.74) is 4.46. The van der Waals surface area contributed by atoms with Crippen molar-refractivity contribution >= 4 is 5.82 Å². The molecule has 2 nitrogen and oxygen atoms in total. The molecule has 2 atom stereocenters. The topological polar surface area (TPSA) is 16.1 Å². The van der Waals surface area contributed by atoms with Gasteiger partial charge in [-0.2, -0.15) is 0 Å². The zero-order valence-corrected chi connectivity index (χ0v) is 14.4. The molecule has 0 aromatic carbocycles. The number of hydrogen-bond donors (Lipinski definition) is 0. The van der Waals surface area contributed by atoms with Crippen molar-refractivity contribution in [2.45, 2.75) is 78.2 Å². The summed E-state index contributed by atoms with van der Waals surface area (Å²) in [7, 11) is 0. The van der Waals surface area contributed by atoms with Crippen LogP contribution in [0.4, 0.5) is 5.82 Å². The minimum absolute atomic E-state index is 0.238. The van der Waals surface area contributed by atoms with Gasteiger partial charge < -0.3 is 4.90 Å². The van der Waals surface area contributed by atoms with Crippen LogP contribution < -0.4 is 4.90 Å². The van der Waals surface area contributed by atoms with Gasteiger partial charge in [0.1, 0.15) is 5.82 Å². The van der Waals surface area contributed by atoms with E-state index in [1.165, 1.54) is 54.7 Å². The molecule has 2 aliphatic rings. The Labute approximate surface area is 130 Å². The van der Waals surface area contributed by atoms with Crippen molar-refractivity contribution in [2.24, 2.45) is 5.92 Å². The Kier molecular flexibility index (Phi) is 3.75. The highest BCUT2D eigenvalue weighted by atomic mass is 15.2. The van der Waals surface area contributed by atoms with E-state index in [4.69, 9.17) is 4.98 Å². The zero-order chi connectivity index (χ0) is 15.2. The maximum absolute atomic E-state index is 5.19. The Morgan fingerprint density at radius 1 is 1.29 bits per heavy atom. The summed E-state index contributed by atoms with van der Waals surface area (Å²) in [5.74, 6) is 2.11. The van der Waals surface area contributed by atoms with Crippen molar-refractivity contribution < 1.29 is 0 Å². The molecule has 1 aromatic rings. The van der Waals surface area contributed by atoms with E-state index in [-0.39, 0.29) is 5.41 Å². The van der Waals surface area contributed by atoms with Gasteiger partial charge >= 0.3 is 0 Å². The fraction of sp³-hybridized carbons (Fsp3) is 0.737. The summed E-state index contributed by atoms with van der Waals surface area (Å²) in [6, 6.07) is 3.04. The second kappa shape index (κ2) is 5.30. The smallest absolute Gasteiger partial charge is 0.132 e. The predicted octanol–water partition coefficient (Wildman–Crippen LogP) is 4.63. The highest BCUT2D eigenvalue weighted by molar-refractivity contribution is 5.52. The molecule has 0 amide bonds. The van der Waals surface area contributed by atoms with Crippen molar-refractivity contribution in [2.75, 3.05) is 11.4 Å². The summed E-state index contributed by atoms with van der Waals surface area (Å²) in [6.45, 7) is 12.9. The first-order valence-corrected chi connectivity index (χ1v) is 8.66. The molecule has 1 unspecified atom stereocenters. The Bertz CT molecular complexity index is 533. The minimum Gasteiger partial charge on any atom is -0.354 e. The van der Waals surface area contributed by atoms with Gasteiger partial charge in [-0.25, -0.2) is 4.98 Å². The van der Waals surface area contributed by atoms with Gasteiger partial charge in [0.05, 0.1) is 5.69 Å². The fourth-order valence-electron chi connectivity index (χ4n) is 4.29. The van der Waals surface area contributed by atoms with Crippen LogP contribution in [0.15, 0.2) is 6.07 Å².